The summed E-state index contributed by atoms with van der Waals surface area (Å²) in [5.41, 5.74) is 7.31. The Labute approximate surface area is 158 Å². The summed E-state index contributed by atoms with van der Waals surface area (Å²) in [4.78, 5) is 8.33. The zero-order valence-electron chi connectivity index (χ0n) is 15.4. The van der Waals surface area contributed by atoms with Gasteiger partial charge in [-0.25, -0.2) is 9.50 Å². The van der Waals surface area contributed by atoms with Crippen molar-refractivity contribution in [3.63, 3.8) is 0 Å². The molecule has 0 atom stereocenters. The van der Waals surface area contributed by atoms with Gasteiger partial charge in [0.25, 0.3) is 0 Å². The first-order valence-corrected chi connectivity index (χ1v) is 9.59. The van der Waals surface area contributed by atoms with E-state index in [0.29, 0.717) is 0 Å². The van der Waals surface area contributed by atoms with E-state index in [4.69, 9.17) is 21.7 Å². The van der Waals surface area contributed by atoms with E-state index in [-0.39, 0.29) is 0 Å². The fourth-order valence-electron chi connectivity index (χ4n) is 3.61. The van der Waals surface area contributed by atoms with Crippen LogP contribution in [-0.2, 0) is 6.42 Å². The second-order valence-corrected chi connectivity index (χ2v) is 7.40. The van der Waals surface area contributed by atoms with E-state index in [2.05, 4.69) is 24.0 Å². The number of unbranched alkanes of at least 4 members (excludes halogenated alkanes) is 2. The molecule has 0 amide bonds. The van der Waals surface area contributed by atoms with Crippen molar-refractivity contribution in [3.05, 3.63) is 52.3 Å². The molecular weight excluding hydrogens is 344 g/mol. The third-order valence-electron chi connectivity index (χ3n) is 4.85. The number of benzene rings is 1. The molecule has 4 nitrogen and oxygen atoms in total. The van der Waals surface area contributed by atoms with Crippen molar-refractivity contribution in [3.8, 4) is 11.4 Å². The van der Waals surface area contributed by atoms with Crippen molar-refractivity contribution in [1.29, 1.82) is 0 Å². The minimum absolute atomic E-state index is 0.730. The Hall–Kier alpha value is -2.33. The Morgan fingerprint density at radius 1 is 1.12 bits per heavy atom. The summed E-state index contributed by atoms with van der Waals surface area (Å²) >= 11 is 6.13. The van der Waals surface area contributed by atoms with Crippen molar-refractivity contribution in [2.75, 3.05) is 0 Å². The molecule has 26 heavy (non-hydrogen) atoms. The Morgan fingerprint density at radius 2 is 1.96 bits per heavy atom. The number of aromatic amines is 1. The molecule has 0 aliphatic carbocycles. The third-order valence-corrected chi connectivity index (χ3v) is 5.08. The summed E-state index contributed by atoms with van der Waals surface area (Å²) in [5.74, 6) is 0. The van der Waals surface area contributed by atoms with Gasteiger partial charge in [-0.05, 0) is 56.5 Å². The molecule has 0 bridgehead atoms. The Morgan fingerprint density at radius 3 is 2.77 bits per heavy atom. The van der Waals surface area contributed by atoms with Gasteiger partial charge >= 0.3 is 0 Å². The average Bonchev–Trinajstić information content (AvgIpc) is 3.14. The summed E-state index contributed by atoms with van der Waals surface area (Å²) < 4.78 is 2.00. The lowest BCUT2D eigenvalue weighted by molar-refractivity contribution is 0.714. The molecule has 4 aromatic rings. The molecule has 0 fully saturated rings. The fraction of sp³-hybridized carbons (Fsp3) is 0.333. The largest absolute Gasteiger partial charge is 0.353 e. The number of aromatic nitrogens is 4. The van der Waals surface area contributed by atoms with Gasteiger partial charge in [0.2, 0.25) is 0 Å². The second-order valence-electron chi connectivity index (χ2n) is 6.96. The lowest BCUT2D eigenvalue weighted by Crippen LogP contribution is -2.01. The first-order chi connectivity index (χ1) is 12.6. The van der Waals surface area contributed by atoms with Crippen LogP contribution in [0.2, 0.25) is 5.02 Å². The van der Waals surface area contributed by atoms with Gasteiger partial charge in [0.05, 0.1) is 17.1 Å². The molecule has 1 aromatic carbocycles. The number of H-pyrrole nitrogens is 1. The normalized spacial score (nSPS) is 11.7. The molecule has 0 unspecified atom stereocenters. The average molecular weight is 367 g/mol. The van der Waals surface area contributed by atoms with Gasteiger partial charge in [0.15, 0.2) is 5.65 Å². The van der Waals surface area contributed by atoms with E-state index in [1.807, 2.05) is 36.6 Å². The molecule has 0 saturated carbocycles. The molecule has 3 aromatic heterocycles. The SMILES string of the molecule is CCCCCc1cc(C)nn2c(-c3cc4ccc(Cl)cc4[nH]3)c(C)nc12. The zero-order chi connectivity index (χ0) is 18.3. The second kappa shape index (κ2) is 6.76. The van der Waals surface area contributed by atoms with Gasteiger partial charge in [-0.15, -0.1) is 0 Å². The number of imidazole rings is 1. The van der Waals surface area contributed by atoms with Gasteiger partial charge < -0.3 is 4.98 Å². The van der Waals surface area contributed by atoms with Crippen LogP contribution < -0.4 is 0 Å². The molecule has 0 radical (unpaired) electrons. The number of hydrogen-bond donors (Lipinski definition) is 1. The number of aryl methyl sites for hydroxylation is 3. The fourth-order valence-corrected chi connectivity index (χ4v) is 3.78. The van der Waals surface area contributed by atoms with Crippen molar-refractivity contribution in [2.45, 2.75) is 46.5 Å². The Balaban J connectivity index is 1.87. The van der Waals surface area contributed by atoms with E-state index >= 15 is 0 Å². The van der Waals surface area contributed by atoms with Crippen molar-refractivity contribution >= 4 is 28.2 Å². The predicted octanol–water partition coefficient (Wildman–Crippen LogP) is 5.88. The lowest BCUT2D eigenvalue weighted by atomic mass is 10.1. The maximum absolute atomic E-state index is 6.13. The van der Waals surface area contributed by atoms with E-state index in [9.17, 15) is 0 Å². The molecule has 134 valence electrons. The molecule has 3 heterocycles. The van der Waals surface area contributed by atoms with Crippen LogP contribution in [0.4, 0.5) is 0 Å². The zero-order valence-corrected chi connectivity index (χ0v) is 16.2. The maximum Gasteiger partial charge on any atom is 0.157 e. The van der Waals surface area contributed by atoms with Crippen molar-refractivity contribution < 1.29 is 0 Å². The van der Waals surface area contributed by atoms with Crippen LogP contribution in [0.3, 0.4) is 0 Å². The Kier molecular flexibility index (Phi) is 4.45. The molecular formula is C21H23ClN4. The van der Waals surface area contributed by atoms with E-state index < -0.39 is 0 Å². The van der Waals surface area contributed by atoms with E-state index in [0.717, 1.165) is 50.8 Å². The first-order valence-electron chi connectivity index (χ1n) is 9.21. The van der Waals surface area contributed by atoms with Gasteiger partial charge in [0.1, 0.15) is 5.69 Å². The lowest BCUT2D eigenvalue weighted by Gasteiger charge is -2.06. The molecule has 0 aliphatic heterocycles. The topological polar surface area (TPSA) is 46.0 Å². The quantitative estimate of drug-likeness (QED) is 0.448. The maximum atomic E-state index is 6.13. The number of halogens is 1. The predicted molar refractivity (Wildman–Crippen MR) is 108 cm³/mol. The molecule has 5 heteroatoms. The van der Waals surface area contributed by atoms with Crippen molar-refractivity contribution in [1.82, 2.24) is 19.6 Å². The van der Waals surface area contributed by atoms with Crippen LogP contribution in [0, 0.1) is 13.8 Å². The van der Waals surface area contributed by atoms with Crippen LogP contribution in [0.1, 0.15) is 43.1 Å². The van der Waals surface area contributed by atoms with Crippen LogP contribution >= 0.6 is 11.6 Å². The summed E-state index contributed by atoms with van der Waals surface area (Å²) in [6.07, 6.45) is 4.68. The monoisotopic (exact) mass is 366 g/mol. The number of hydrogen-bond acceptors (Lipinski definition) is 2. The summed E-state index contributed by atoms with van der Waals surface area (Å²) in [6.45, 7) is 6.33. The van der Waals surface area contributed by atoms with Gasteiger partial charge in [0, 0.05) is 15.9 Å². The minimum Gasteiger partial charge on any atom is -0.353 e. The summed E-state index contributed by atoms with van der Waals surface area (Å²) in [5, 5.41) is 6.62. The van der Waals surface area contributed by atoms with Crippen LogP contribution in [0.25, 0.3) is 27.9 Å². The number of fused-ring (bicyclic) bond motifs is 2. The van der Waals surface area contributed by atoms with Gasteiger partial charge in [-0.1, -0.05) is 37.4 Å². The molecule has 4 rings (SSSR count). The van der Waals surface area contributed by atoms with Gasteiger partial charge in [-0.3, -0.25) is 0 Å². The number of nitrogens with zero attached hydrogens (tertiary/aromatic N) is 3. The van der Waals surface area contributed by atoms with Crippen molar-refractivity contribution in [2.24, 2.45) is 0 Å². The van der Waals surface area contributed by atoms with Crippen LogP contribution in [0.5, 0.6) is 0 Å². The standard InChI is InChI=1S/C21H23ClN4/c1-4-5-6-7-16-10-13(2)25-26-20(14(3)23-21(16)26)19-11-15-8-9-17(22)12-18(15)24-19/h8-12,24H,4-7H2,1-3H3. The highest BCUT2D eigenvalue weighted by Gasteiger charge is 2.17. The third kappa shape index (κ3) is 2.99. The number of rotatable bonds is 5. The van der Waals surface area contributed by atoms with E-state index in [1.54, 1.807) is 0 Å². The summed E-state index contributed by atoms with van der Waals surface area (Å²) in [6, 6.07) is 10.2. The van der Waals surface area contributed by atoms with Gasteiger partial charge in [-0.2, -0.15) is 5.10 Å². The minimum atomic E-state index is 0.730. The molecule has 0 spiro atoms. The molecule has 0 saturated heterocycles. The summed E-state index contributed by atoms with van der Waals surface area (Å²) in [7, 11) is 0. The van der Waals surface area contributed by atoms with E-state index in [1.165, 1.54) is 24.8 Å². The van der Waals surface area contributed by atoms with Crippen LogP contribution in [0.15, 0.2) is 30.3 Å². The Bertz CT molecular complexity index is 1090. The smallest absolute Gasteiger partial charge is 0.157 e. The highest BCUT2D eigenvalue weighted by atomic mass is 35.5. The highest BCUT2D eigenvalue weighted by molar-refractivity contribution is 6.31. The first kappa shape index (κ1) is 17.1. The number of nitrogens with one attached hydrogen (secondary N) is 1. The van der Waals surface area contributed by atoms with Crippen LogP contribution in [-0.4, -0.2) is 19.6 Å². The molecule has 1 N–H and O–H groups in total. The molecule has 0 aliphatic rings. The highest BCUT2D eigenvalue weighted by Crippen LogP contribution is 2.29.